The van der Waals surface area contributed by atoms with Gasteiger partial charge in [0.05, 0.1) is 23.6 Å². The van der Waals surface area contributed by atoms with E-state index < -0.39 is 23.8 Å². The Kier molecular flexibility index (Phi) is 4.19. The van der Waals surface area contributed by atoms with E-state index in [1.165, 1.54) is 0 Å². The zero-order valence-corrected chi connectivity index (χ0v) is 8.75. The smallest absolute Gasteiger partial charge is 0.160 e. The third-order valence-corrected chi connectivity index (χ3v) is 2.37. The third kappa shape index (κ3) is 2.47. The zero-order valence-electron chi connectivity index (χ0n) is 7.99. The lowest BCUT2D eigenvalue weighted by molar-refractivity contribution is 0.0323. The van der Waals surface area contributed by atoms with Crippen molar-refractivity contribution in [2.24, 2.45) is 0 Å². The molecule has 1 rings (SSSR count). The summed E-state index contributed by atoms with van der Waals surface area (Å²) in [4.78, 5) is 0. The number of halogens is 3. The van der Waals surface area contributed by atoms with Crippen molar-refractivity contribution in [3.8, 4) is 6.07 Å². The number of nitrogens with zero attached hydrogens (tertiary/aromatic N) is 1. The molecule has 2 N–H and O–H groups in total. The van der Waals surface area contributed by atoms with Crippen LogP contribution in [0.5, 0.6) is 0 Å². The molecule has 0 bridgehead atoms. The fourth-order valence-corrected chi connectivity index (χ4v) is 1.36. The first-order valence-electron chi connectivity index (χ1n) is 4.32. The number of hydrogen-bond acceptors (Lipinski definition) is 3. The number of aliphatic hydroxyl groups is 2. The summed E-state index contributed by atoms with van der Waals surface area (Å²) in [6.07, 6.45) is -2.87. The summed E-state index contributed by atoms with van der Waals surface area (Å²) in [6.45, 7) is 0. The van der Waals surface area contributed by atoms with Gasteiger partial charge in [-0.2, -0.15) is 5.26 Å². The average molecular weight is 248 g/mol. The van der Waals surface area contributed by atoms with Gasteiger partial charge in [0.25, 0.3) is 0 Å². The van der Waals surface area contributed by atoms with Crippen molar-refractivity contribution < 1.29 is 19.0 Å². The number of aliphatic hydroxyl groups excluding tert-OH is 2. The van der Waals surface area contributed by atoms with Crippen LogP contribution in [0, 0.1) is 23.0 Å². The van der Waals surface area contributed by atoms with Gasteiger partial charge in [-0.25, -0.2) is 8.78 Å². The Morgan fingerprint density at radius 1 is 1.31 bits per heavy atom. The van der Waals surface area contributed by atoms with E-state index >= 15 is 0 Å². The molecule has 0 saturated heterocycles. The number of rotatable bonds is 3. The molecule has 0 aliphatic carbocycles. The highest BCUT2D eigenvalue weighted by Crippen LogP contribution is 2.24. The molecular weight excluding hydrogens is 240 g/mol. The van der Waals surface area contributed by atoms with Crippen LogP contribution in [-0.4, -0.2) is 22.2 Å². The van der Waals surface area contributed by atoms with Gasteiger partial charge in [-0.3, -0.25) is 0 Å². The van der Waals surface area contributed by atoms with Gasteiger partial charge in [-0.1, -0.05) is 0 Å². The van der Waals surface area contributed by atoms with E-state index in [9.17, 15) is 19.0 Å². The van der Waals surface area contributed by atoms with Crippen LogP contribution in [0.15, 0.2) is 12.1 Å². The van der Waals surface area contributed by atoms with E-state index in [-0.39, 0.29) is 17.0 Å². The quantitative estimate of drug-likeness (QED) is 0.795. The predicted molar refractivity (Wildman–Crippen MR) is 52.8 cm³/mol. The Morgan fingerprint density at radius 3 is 2.38 bits per heavy atom. The first kappa shape index (κ1) is 12.8. The summed E-state index contributed by atoms with van der Waals surface area (Å²) in [7, 11) is 0. The van der Waals surface area contributed by atoms with Gasteiger partial charge >= 0.3 is 0 Å². The highest BCUT2D eigenvalue weighted by molar-refractivity contribution is 6.18. The molecule has 0 fully saturated rings. The normalized spacial score (nSPS) is 14.2. The van der Waals surface area contributed by atoms with E-state index in [1.54, 1.807) is 6.07 Å². The van der Waals surface area contributed by atoms with Gasteiger partial charge in [0.15, 0.2) is 11.6 Å². The summed E-state index contributed by atoms with van der Waals surface area (Å²) in [6, 6.07) is 2.94. The Bertz CT molecular complexity index is 434. The molecule has 3 nitrogen and oxygen atoms in total. The topological polar surface area (TPSA) is 64.2 Å². The maximum absolute atomic E-state index is 12.9. The second-order valence-electron chi connectivity index (χ2n) is 3.13. The molecular formula is C10H8ClF2NO2. The number of hydrogen-bond donors (Lipinski definition) is 2. The van der Waals surface area contributed by atoms with Crippen molar-refractivity contribution >= 4 is 11.6 Å². The summed E-state index contributed by atoms with van der Waals surface area (Å²) in [5.41, 5.74) is -0.426. The largest absolute Gasteiger partial charge is 0.389 e. The SMILES string of the molecule is N#Cc1cc(F)c(F)cc1C(O)C(O)CCl. The van der Waals surface area contributed by atoms with Crippen LogP contribution < -0.4 is 0 Å². The average Bonchev–Trinajstić information content (AvgIpc) is 2.30. The Hall–Kier alpha value is -1.22. The summed E-state index contributed by atoms with van der Waals surface area (Å²) in [5.74, 6) is -2.67. The highest BCUT2D eigenvalue weighted by Gasteiger charge is 2.22. The van der Waals surface area contributed by atoms with Crippen molar-refractivity contribution in [2.45, 2.75) is 12.2 Å². The molecule has 2 unspecified atom stereocenters. The fourth-order valence-electron chi connectivity index (χ4n) is 1.20. The van der Waals surface area contributed by atoms with Crippen LogP contribution >= 0.6 is 11.6 Å². The fraction of sp³-hybridized carbons (Fsp3) is 0.300. The van der Waals surface area contributed by atoms with Gasteiger partial charge in [-0.15, -0.1) is 11.6 Å². The second kappa shape index (κ2) is 5.21. The lowest BCUT2D eigenvalue weighted by Crippen LogP contribution is -2.21. The Labute approximate surface area is 95.5 Å². The molecule has 0 aliphatic heterocycles. The standard InChI is InChI=1S/C10H8ClF2NO2/c11-3-9(15)10(16)6-2-8(13)7(12)1-5(6)4-14/h1-2,9-10,15-16H,3H2. The molecule has 0 saturated carbocycles. The van der Waals surface area contributed by atoms with E-state index in [0.29, 0.717) is 12.1 Å². The van der Waals surface area contributed by atoms with Crippen LogP contribution in [0.4, 0.5) is 8.78 Å². The van der Waals surface area contributed by atoms with Gasteiger partial charge in [-0.05, 0) is 12.1 Å². The molecule has 1 aromatic carbocycles. The van der Waals surface area contributed by atoms with Gasteiger partial charge in [0.1, 0.15) is 6.10 Å². The van der Waals surface area contributed by atoms with Crippen molar-refractivity contribution in [3.63, 3.8) is 0 Å². The van der Waals surface area contributed by atoms with Crippen LogP contribution in [0.1, 0.15) is 17.2 Å². The number of benzene rings is 1. The second-order valence-corrected chi connectivity index (χ2v) is 3.44. The molecule has 0 aromatic heterocycles. The minimum atomic E-state index is -1.53. The maximum Gasteiger partial charge on any atom is 0.160 e. The van der Waals surface area contributed by atoms with Crippen LogP contribution in [-0.2, 0) is 0 Å². The van der Waals surface area contributed by atoms with Gasteiger partial charge in [0, 0.05) is 5.56 Å². The molecule has 0 heterocycles. The van der Waals surface area contributed by atoms with Crippen molar-refractivity contribution in [3.05, 3.63) is 34.9 Å². The minimum absolute atomic E-state index is 0.186. The summed E-state index contributed by atoms with van der Waals surface area (Å²) < 4.78 is 25.7. The van der Waals surface area contributed by atoms with Gasteiger partial charge < -0.3 is 10.2 Å². The number of nitriles is 1. The van der Waals surface area contributed by atoms with Crippen molar-refractivity contribution in [2.75, 3.05) is 5.88 Å². The molecule has 2 atom stereocenters. The summed E-state index contributed by atoms with van der Waals surface area (Å²) >= 11 is 5.30. The molecule has 1 aromatic rings. The van der Waals surface area contributed by atoms with E-state index in [2.05, 4.69) is 0 Å². The first-order chi connectivity index (χ1) is 7.51. The van der Waals surface area contributed by atoms with E-state index in [1.807, 2.05) is 0 Å². The minimum Gasteiger partial charge on any atom is -0.389 e. The Morgan fingerprint density at radius 2 is 1.88 bits per heavy atom. The molecule has 6 heteroatoms. The molecule has 16 heavy (non-hydrogen) atoms. The first-order valence-corrected chi connectivity index (χ1v) is 4.85. The zero-order chi connectivity index (χ0) is 12.3. The number of alkyl halides is 1. The predicted octanol–water partition coefficient (Wildman–Crippen LogP) is 1.47. The molecule has 0 spiro atoms. The molecule has 86 valence electrons. The lowest BCUT2D eigenvalue weighted by Gasteiger charge is -2.17. The van der Waals surface area contributed by atoms with Gasteiger partial charge in [0.2, 0.25) is 0 Å². The molecule has 0 radical (unpaired) electrons. The van der Waals surface area contributed by atoms with E-state index in [0.717, 1.165) is 0 Å². The third-order valence-electron chi connectivity index (χ3n) is 2.05. The lowest BCUT2D eigenvalue weighted by atomic mass is 9.99. The van der Waals surface area contributed by atoms with Crippen LogP contribution in [0.25, 0.3) is 0 Å². The van der Waals surface area contributed by atoms with Crippen LogP contribution in [0.2, 0.25) is 0 Å². The van der Waals surface area contributed by atoms with Crippen molar-refractivity contribution in [1.82, 2.24) is 0 Å². The Balaban J connectivity index is 3.23. The summed E-state index contributed by atoms with van der Waals surface area (Å²) in [5, 5.41) is 27.5. The van der Waals surface area contributed by atoms with Crippen molar-refractivity contribution in [1.29, 1.82) is 5.26 Å². The molecule has 0 amide bonds. The maximum atomic E-state index is 12.9. The van der Waals surface area contributed by atoms with E-state index in [4.69, 9.17) is 16.9 Å². The monoisotopic (exact) mass is 247 g/mol. The molecule has 0 aliphatic rings. The van der Waals surface area contributed by atoms with Crippen LogP contribution in [0.3, 0.4) is 0 Å². The highest BCUT2D eigenvalue weighted by atomic mass is 35.5.